The fourth-order valence-corrected chi connectivity index (χ4v) is 2.72. The van der Waals surface area contributed by atoms with Gasteiger partial charge in [0, 0.05) is 23.1 Å². The lowest BCUT2D eigenvalue weighted by molar-refractivity contribution is 0.449. The SMILES string of the molecule is CC(C)c1oc2cc(O)cc(O)c2c(=O)c1-c1ccc(Cl)cc1. The summed E-state index contributed by atoms with van der Waals surface area (Å²) < 4.78 is 5.83. The maximum Gasteiger partial charge on any atom is 0.204 e. The highest BCUT2D eigenvalue weighted by atomic mass is 35.5. The molecule has 5 heteroatoms. The molecular weight excluding hydrogens is 316 g/mol. The van der Waals surface area contributed by atoms with Gasteiger partial charge in [-0.15, -0.1) is 0 Å². The molecule has 0 bridgehead atoms. The van der Waals surface area contributed by atoms with Gasteiger partial charge in [0.1, 0.15) is 28.2 Å². The summed E-state index contributed by atoms with van der Waals surface area (Å²) in [5, 5.41) is 20.3. The standard InChI is InChI=1S/C18H15ClO4/c1-9(2)18-15(10-3-5-11(19)6-4-10)17(22)16-13(21)7-12(20)8-14(16)23-18/h3-9,20-21H,1-2H3. The van der Waals surface area contributed by atoms with Gasteiger partial charge in [0.05, 0.1) is 5.56 Å². The van der Waals surface area contributed by atoms with Crippen LogP contribution in [0, 0.1) is 0 Å². The van der Waals surface area contributed by atoms with Gasteiger partial charge in [0.15, 0.2) is 0 Å². The van der Waals surface area contributed by atoms with Crippen molar-refractivity contribution in [1.82, 2.24) is 0 Å². The van der Waals surface area contributed by atoms with Crippen molar-refractivity contribution in [3.8, 4) is 22.6 Å². The van der Waals surface area contributed by atoms with Crippen LogP contribution in [0.3, 0.4) is 0 Å². The Balaban J connectivity index is 2.44. The first kappa shape index (κ1) is 15.4. The summed E-state index contributed by atoms with van der Waals surface area (Å²) in [6.45, 7) is 3.82. The van der Waals surface area contributed by atoms with Crippen LogP contribution in [-0.4, -0.2) is 10.2 Å². The lowest BCUT2D eigenvalue weighted by atomic mass is 9.97. The van der Waals surface area contributed by atoms with Crippen LogP contribution < -0.4 is 5.43 Å². The summed E-state index contributed by atoms with van der Waals surface area (Å²) in [7, 11) is 0. The molecule has 1 heterocycles. The maximum atomic E-state index is 12.9. The first-order valence-corrected chi connectivity index (χ1v) is 7.55. The van der Waals surface area contributed by atoms with E-state index in [-0.39, 0.29) is 33.8 Å². The number of rotatable bonds is 2. The molecule has 0 fully saturated rings. The molecule has 0 saturated carbocycles. The van der Waals surface area contributed by atoms with Gasteiger partial charge in [-0.2, -0.15) is 0 Å². The molecule has 0 unspecified atom stereocenters. The maximum absolute atomic E-state index is 12.9. The molecule has 3 rings (SSSR count). The molecule has 0 radical (unpaired) electrons. The minimum absolute atomic E-state index is 0.0529. The van der Waals surface area contributed by atoms with Gasteiger partial charge in [0.2, 0.25) is 5.43 Å². The minimum atomic E-state index is -0.338. The molecule has 118 valence electrons. The van der Waals surface area contributed by atoms with Crippen molar-refractivity contribution in [3.05, 3.63) is 57.4 Å². The van der Waals surface area contributed by atoms with Crippen LogP contribution >= 0.6 is 11.6 Å². The van der Waals surface area contributed by atoms with Crippen molar-refractivity contribution in [2.45, 2.75) is 19.8 Å². The monoisotopic (exact) mass is 330 g/mol. The highest BCUT2D eigenvalue weighted by Crippen LogP contribution is 2.34. The van der Waals surface area contributed by atoms with Crippen molar-refractivity contribution in [1.29, 1.82) is 0 Å². The number of hydrogen-bond donors (Lipinski definition) is 2. The van der Waals surface area contributed by atoms with E-state index in [1.165, 1.54) is 6.07 Å². The normalized spacial score (nSPS) is 11.3. The van der Waals surface area contributed by atoms with E-state index in [1.54, 1.807) is 24.3 Å². The van der Waals surface area contributed by atoms with Gasteiger partial charge in [-0.05, 0) is 17.7 Å². The van der Waals surface area contributed by atoms with Gasteiger partial charge in [-0.3, -0.25) is 4.79 Å². The molecule has 0 aliphatic carbocycles. The molecule has 2 aromatic carbocycles. The van der Waals surface area contributed by atoms with Gasteiger partial charge >= 0.3 is 0 Å². The Kier molecular flexibility index (Phi) is 3.78. The number of benzene rings is 2. The molecule has 1 aromatic heterocycles. The van der Waals surface area contributed by atoms with Gasteiger partial charge < -0.3 is 14.6 Å². The highest BCUT2D eigenvalue weighted by molar-refractivity contribution is 6.30. The van der Waals surface area contributed by atoms with Crippen LogP contribution in [0.15, 0.2) is 45.6 Å². The molecule has 2 N–H and O–H groups in total. The summed E-state index contributed by atoms with van der Waals surface area (Å²) in [5.74, 6) is -0.0246. The predicted molar refractivity (Wildman–Crippen MR) is 90.3 cm³/mol. The number of hydrogen-bond acceptors (Lipinski definition) is 4. The zero-order chi connectivity index (χ0) is 16.7. The van der Waals surface area contributed by atoms with Gasteiger partial charge in [-0.25, -0.2) is 0 Å². The second kappa shape index (κ2) is 5.63. The Morgan fingerprint density at radius 3 is 2.35 bits per heavy atom. The van der Waals surface area contributed by atoms with Gasteiger partial charge in [-0.1, -0.05) is 37.6 Å². The van der Waals surface area contributed by atoms with Crippen molar-refractivity contribution in [3.63, 3.8) is 0 Å². The molecule has 0 saturated heterocycles. The first-order valence-electron chi connectivity index (χ1n) is 7.17. The van der Waals surface area contributed by atoms with E-state index in [9.17, 15) is 15.0 Å². The Bertz CT molecular complexity index is 940. The van der Waals surface area contributed by atoms with Crippen LogP contribution in [0.1, 0.15) is 25.5 Å². The molecule has 0 aliphatic rings. The Hall–Kier alpha value is -2.46. The van der Waals surface area contributed by atoms with Crippen molar-refractivity contribution >= 4 is 22.6 Å². The molecular formula is C18H15ClO4. The number of aromatic hydroxyl groups is 2. The van der Waals surface area contributed by atoms with Crippen LogP contribution in [0.4, 0.5) is 0 Å². The lowest BCUT2D eigenvalue weighted by Crippen LogP contribution is -2.10. The highest BCUT2D eigenvalue weighted by Gasteiger charge is 2.21. The van der Waals surface area contributed by atoms with E-state index in [4.69, 9.17) is 16.0 Å². The lowest BCUT2D eigenvalue weighted by Gasteiger charge is -2.13. The summed E-state index contributed by atoms with van der Waals surface area (Å²) >= 11 is 5.91. The topological polar surface area (TPSA) is 70.7 Å². The fraction of sp³-hybridized carbons (Fsp3) is 0.167. The summed E-state index contributed by atoms with van der Waals surface area (Å²) in [6, 6.07) is 9.32. The minimum Gasteiger partial charge on any atom is -0.508 e. The third kappa shape index (κ3) is 2.66. The third-order valence-corrected chi connectivity index (χ3v) is 3.90. The van der Waals surface area contributed by atoms with Gasteiger partial charge in [0.25, 0.3) is 0 Å². The molecule has 0 amide bonds. The van der Waals surface area contributed by atoms with E-state index in [0.29, 0.717) is 21.9 Å². The fourth-order valence-electron chi connectivity index (χ4n) is 2.60. The third-order valence-electron chi connectivity index (χ3n) is 3.64. The first-order chi connectivity index (χ1) is 10.9. The van der Waals surface area contributed by atoms with Crippen LogP contribution in [0.2, 0.25) is 5.02 Å². The predicted octanol–water partition coefficient (Wildman–Crippen LogP) is 4.65. The Morgan fingerprint density at radius 1 is 1.09 bits per heavy atom. The average Bonchev–Trinajstić information content (AvgIpc) is 2.47. The molecule has 0 atom stereocenters. The summed E-state index contributed by atoms with van der Waals surface area (Å²) in [5.41, 5.74) is 0.884. The van der Waals surface area contributed by atoms with Crippen molar-refractivity contribution < 1.29 is 14.6 Å². The number of halogens is 1. The Labute approximate surface area is 137 Å². The molecule has 4 nitrogen and oxygen atoms in total. The van der Waals surface area contributed by atoms with E-state index in [2.05, 4.69) is 0 Å². The molecule has 0 spiro atoms. The van der Waals surface area contributed by atoms with Crippen LogP contribution in [0.25, 0.3) is 22.1 Å². The average molecular weight is 331 g/mol. The largest absolute Gasteiger partial charge is 0.508 e. The summed E-state index contributed by atoms with van der Waals surface area (Å²) in [6.07, 6.45) is 0. The zero-order valence-corrected chi connectivity index (χ0v) is 13.4. The van der Waals surface area contributed by atoms with Crippen LogP contribution in [0.5, 0.6) is 11.5 Å². The molecule has 23 heavy (non-hydrogen) atoms. The van der Waals surface area contributed by atoms with E-state index < -0.39 is 0 Å². The number of phenolic OH excluding ortho intramolecular Hbond substituents is 2. The number of fused-ring (bicyclic) bond motifs is 1. The van der Waals surface area contributed by atoms with E-state index in [1.807, 2.05) is 13.8 Å². The quantitative estimate of drug-likeness (QED) is 0.717. The molecule has 0 aliphatic heterocycles. The molecule has 3 aromatic rings. The second-order valence-corrected chi connectivity index (χ2v) is 6.11. The second-order valence-electron chi connectivity index (χ2n) is 5.67. The van der Waals surface area contributed by atoms with E-state index >= 15 is 0 Å². The zero-order valence-electron chi connectivity index (χ0n) is 12.6. The van der Waals surface area contributed by atoms with Crippen molar-refractivity contribution in [2.75, 3.05) is 0 Å². The van der Waals surface area contributed by atoms with E-state index in [0.717, 1.165) is 6.07 Å². The van der Waals surface area contributed by atoms with Crippen molar-refractivity contribution in [2.24, 2.45) is 0 Å². The Morgan fingerprint density at radius 2 is 1.74 bits per heavy atom. The smallest absolute Gasteiger partial charge is 0.204 e. The summed E-state index contributed by atoms with van der Waals surface area (Å²) in [4.78, 5) is 12.9. The van der Waals surface area contributed by atoms with Crippen LogP contribution in [-0.2, 0) is 0 Å². The number of phenols is 2.